The number of nitrogens with zero attached hydrogens (tertiary/aromatic N) is 2. The molecule has 0 spiro atoms. The van der Waals surface area contributed by atoms with Crippen LogP contribution < -0.4 is 4.74 Å². The van der Waals surface area contributed by atoms with E-state index in [1.807, 2.05) is 35.2 Å². The molecular weight excluding hydrogens is 324 g/mol. The monoisotopic (exact) mass is 350 g/mol. The molecule has 1 amide bonds. The highest BCUT2D eigenvalue weighted by atomic mass is 16.5. The average molecular weight is 350 g/mol. The van der Waals surface area contributed by atoms with E-state index in [9.17, 15) is 4.79 Å². The van der Waals surface area contributed by atoms with Gasteiger partial charge < -0.3 is 9.64 Å². The van der Waals surface area contributed by atoms with Crippen molar-refractivity contribution in [3.63, 3.8) is 0 Å². The fourth-order valence-electron chi connectivity index (χ4n) is 3.16. The van der Waals surface area contributed by atoms with Gasteiger partial charge in [-0.05, 0) is 36.3 Å². The van der Waals surface area contributed by atoms with Gasteiger partial charge in [-0.25, -0.2) is 0 Å². The van der Waals surface area contributed by atoms with Crippen LogP contribution in [0.3, 0.4) is 0 Å². The van der Waals surface area contributed by atoms with Crippen LogP contribution in [0.1, 0.15) is 16.7 Å². The number of methoxy groups -OCH3 is 1. The molecule has 1 heterocycles. The van der Waals surface area contributed by atoms with Crippen molar-refractivity contribution >= 4 is 12.0 Å². The van der Waals surface area contributed by atoms with Crippen molar-refractivity contribution in [2.24, 2.45) is 0 Å². The number of piperazine rings is 1. The molecule has 1 aliphatic rings. The summed E-state index contributed by atoms with van der Waals surface area (Å²) in [7, 11) is 1.68. The van der Waals surface area contributed by atoms with Gasteiger partial charge in [0.2, 0.25) is 5.91 Å². The van der Waals surface area contributed by atoms with E-state index in [1.54, 1.807) is 13.2 Å². The number of carbonyl (C=O) groups excluding carboxylic acids is 1. The Bertz CT molecular complexity index is 760. The standard InChI is InChI=1S/C22H26N2O2/c1-18-4-3-5-19(16-18)8-11-22(25)24-14-12-23(13-15-24)17-20-6-9-21(26-2)10-7-20/h3-11,16H,12-15,17H2,1-2H3/b11-8+. The van der Waals surface area contributed by atoms with E-state index in [2.05, 4.69) is 36.1 Å². The summed E-state index contributed by atoms with van der Waals surface area (Å²) in [5.41, 5.74) is 3.54. The molecule has 0 bridgehead atoms. The topological polar surface area (TPSA) is 32.8 Å². The Morgan fingerprint density at radius 2 is 1.81 bits per heavy atom. The minimum absolute atomic E-state index is 0.0932. The molecule has 4 nitrogen and oxygen atoms in total. The number of rotatable bonds is 5. The number of carbonyl (C=O) groups is 1. The highest BCUT2D eigenvalue weighted by Gasteiger charge is 2.19. The molecule has 2 aromatic carbocycles. The number of benzene rings is 2. The lowest BCUT2D eigenvalue weighted by Crippen LogP contribution is -2.47. The molecule has 0 unspecified atom stereocenters. The van der Waals surface area contributed by atoms with Gasteiger partial charge in [0, 0.05) is 38.8 Å². The first-order valence-corrected chi connectivity index (χ1v) is 9.03. The van der Waals surface area contributed by atoms with Crippen LogP contribution in [0.15, 0.2) is 54.6 Å². The summed E-state index contributed by atoms with van der Waals surface area (Å²) >= 11 is 0. The molecule has 0 atom stereocenters. The first-order valence-electron chi connectivity index (χ1n) is 9.03. The predicted octanol–water partition coefficient (Wildman–Crippen LogP) is 3.36. The van der Waals surface area contributed by atoms with Crippen LogP contribution in [0.5, 0.6) is 5.75 Å². The second kappa shape index (κ2) is 8.68. The van der Waals surface area contributed by atoms with Crippen LogP contribution in [0.25, 0.3) is 6.08 Å². The van der Waals surface area contributed by atoms with E-state index < -0.39 is 0 Å². The van der Waals surface area contributed by atoms with Gasteiger partial charge in [-0.2, -0.15) is 0 Å². The fraction of sp³-hybridized carbons (Fsp3) is 0.318. The van der Waals surface area contributed by atoms with Crippen molar-refractivity contribution in [1.29, 1.82) is 0 Å². The van der Waals surface area contributed by atoms with Gasteiger partial charge >= 0.3 is 0 Å². The second-order valence-electron chi connectivity index (χ2n) is 6.70. The summed E-state index contributed by atoms with van der Waals surface area (Å²) < 4.78 is 5.20. The Morgan fingerprint density at radius 1 is 1.08 bits per heavy atom. The first-order chi connectivity index (χ1) is 12.6. The van der Waals surface area contributed by atoms with Gasteiger partial charge in [-0.3, -0.25) is 9.69 Å². The summed E-state index contributed by atoms with van der Waals surface area (Å²) in [4.78, 5) is 16.7. The molecular formula is C22H26N2O2. The number of amides is 1. The van der Waals surface area contributed by atoms with Gasteiger partial charge in [0.1, 0.15) is 5.75 Å². The largest absolute Gasteiger partial charge is 0.497 e. The van der Waals surface area contributed by atoms with Crippen LogP contribution in [-0.2, 0) is 11.3 Å². The van der Waals surface area contributed by atoms with Crippen molar-refractivity contribution in [2.75, 3.05) is 33.3 Å². The minimum Gasteiger partial charge on any atom is -0.497 e. The second-order valence-corrected chi connectivity index (χ2v) is 6.70. The zero-order valence-electron chi connectivity index (χ0n) is 15.5. The van der Waals surface area contributed by atoms with Crippen molar-refractivity contribution < 1.29 is 9.53 Å². The summed E-state index contributed by atoms with van der Waals surface area (Å²) in [5.74, 6) is 0.972. The van der Waals surface area contributed by atoms with E-state index in [4.69, 9.17) is 4.74 Å². The molecule has 0 aliphatic carbocycles. The van der Waals surface area contributed by atoms with Gasteiger partial charge in [-0.1, -0.05) is 42.0 Å². The van der Waals surface area contributed by atoms with Gasteiger partial charge in [0.15, 0.2) is 0 Å². The number of ether oxygens (including phenoxy) is 1. The van der Waals surface area contributed by atoms with Crippen LogP contribution in [0.4, 0.5) is 0 Å². The molecule has 0 aromatic heterocycles. The Labute approximate surface area is 155 Å². The highest BCUT2D eigenvalue weighted by Crippen LogP contribution is 2.14. The number of hydrogen-bond donors (Lipinski definition) is 0. The molecule has 2 aromatic rings. The first kappa shape index (κ1) is 18.2. The Kier molecular flexibility index (Phi) is 6.08. The van der Waals surface area contributed by atoms with Crippen molar-refractivity contribution in [1.82, 2.24) is 9.80 Å². The lowest BCUT2D eigenvalue weighted by Gasteiger charge is -2.34. The van der Waals surface area contributed by atoms with Crippen LogP contribution in [-0.4, -0.2) is 49.0 Å². The van der Waals surface area contributed by atoms with Crippen LogP contribution in [0.2, 0.25) is 0 Å². The van der Waals surface area contributed by atoms with E-state index in [-0.39, 0.29) is 5.91 Å². The molecule has 0 N–H and O–H groups in total. The molecule has 0 saturated carbocycles. The van der Waals surface area contributed by atoms with E-state index in [0.717, 1.165) is 44.0 Å². The van der Waals surface area contributed by atoms with Crippen LogP contribution in [0, 0.1) is 6.92 Å². The maximum atomic E-state index is 12.4. The maximum Gasteiger partial charge on any atom is 0.246 e. The summed E-state index contributed by atoms with van der Waals surface area (Å²) in [6.07, 6.45) is 3.59. The van der Waals surface area contributed by atoms with E-state index in [1.165, 1.54) is 11.1 Å². The zero-order valence-corrected chi connectivity index (χ0v) is 15.5. The van der Waals surface area contributed by atoms with Crippen molar-refractivity contribution in [3.8, 4) is 5.75 Å². The summed E-state index contributed by atoms with van der Waals surface area (Å²) in [6, 6.07) is 16.3. The summed E-state index contributed by atoms with van der Waals surface area (Å²) in [5, 5.41) is 0. The Morgan fingerprint density at radius 3 is 2.46 bits per heavy atom. The Balaban J connectivity index is 1.48. The summed E-state index contributed by atoms with van der Waals surface area (Å²) in [6.45, 7) is 6.30. The van der Waals surface area contributed by atoms with Gasteiger partial charge in [-0.15, -0.1) is 0 Å². The molecule has 1 saturated heterocycles. The van der Waals surface area contributed by atoms with E-state index in [0.29, 0.717) is 0 Å². The maximum absolute atomic E-state index is 12.4. The quantitative estimate of drug-likeness (QED) is 0.775. The normalized spacial score (nSPS) is 15.4. The molecule has 4 heteroatoms. The van der Waals surface area contributed by atoms with Gasteiger partial charge in [0.25, 0.3) is 0 Å². The molecule has 26 heavy (non-hydrogen) atoms. The third-order valence-electron chi connectivity index (χ3n) is 4.71. The third kappa shape index (κ3) is 4.96. The zero-order chi connectivity index (χ0) is 18.4. The lowest BCUT2D eigenvalue weighted by atomic mass is 10.1. The van der Waals surface area contributed by atoms with Crippen molar-refractivity contribution in [3.05, 3.63) is 71.3 Å². The highest BCUT2D eigenvalue weighted by molar-refractivity contribution is 5.91. The lowest BCUT2D eigenvalue weighted by molar-refractivity contribution is -0.127. The fourth-order valence-corrected chi connectivity index (χ4v) is 3.16. The molecule has 0 radical (unpaired) electrons. The number of aryl methyl sites for hydroxylation is 1. The van der Waals surface area contributed by atoms with Gasteiger partial charge in [0.05, 0.1) is 7.11 Å². The minimum atomic E-state index is 0.0932. The third-order valence-corrected chi connectivity index (χ3v) is 4.71. The predicted molar refractivity (Wildman–Crippen MR) is 105 cm³/mol. The molecule has 1 fully saturated rings. The smallest absolute Gasteiger partial charge is 0.246 e. The van der Waals surface area contributed by atoms with Crippen molar-refractivity contribution in [2.45, 2.75) is 13.5 Å². The molecule has 1 aliphatic heterocycles. The van der Waals surface area contributed by atoms with Crippen LogP contribution >= 0.6 is 0 Å². The Hall–Kier alpha value is -2.59. The van der Waals surface area contributed by atoms with E-state index >= 15 is 0 Å². The average Bonchev–Trinajstić information content (AvgIpc) is 2.67. The SMILES string of the molecule is COc1ccc(CN2CCN(C(=O)/C=C/c3cccc(C)c3)CC2)cc1. The molecule has 3 rings (SSSR count). The number of hydrogen-bond acceptors (Lipinski definition) is 3. The molecule has 136 valence electrons.